The van der Waals surface area contributed by atoms with Crippen molar-refractivity contribution in [1.82, 2.24) is 19.7 Å². The number of aromatic nitrogens is 3. The molecule has 0 spiro atoms. The SMILES string of the molecule is COC(=O)c1ccc(C)c(NC(=O)N2CCCC(c3nnc4n3CCCCC4)C2)c1. The van der Waals surface area contributed by atoms with E-state index in [-0.39, 0.29) is 11.9 Å². The number of ether oxygens (including phenoxy) is 1. The number of nitrogens with zero attached hydrogens (tertiary/aromatic N) is 4. The fourth-order valence-electron chi connectivity index (χ4n) is 4.38. The molecule has 30 heavy (non-hydrogen) atoms. The standard InChI is InChI=1S/C22H29N5O3/c1-15-9-10-16(21(28)30-2)13-18(15)23-22(29)26-11-6-7-17(14-26)20-25-24-19-8-4-3-5-12-27(19)20/h9-10,13,17H,3-8,11-12,14H2,1-2H3,(H,23,29). The van der Waals surface area contributed by atoms with E-state index in [4.69, 9.17) is 4.74 Å². The van der Waals surface area contributed by atoms with Gasteiger partial charge >= 0.3 is 12.0 Å². The van der Waals surface area contributed by atoms with Gasteiger partial charge in [0.15, 0.2) is 0 Å². The van der Waals surface area contributed by atoms with Gasteiger partial charge in [0.1, 0.15) is 11.6 Å². The summed E-state index contributed by atoms with van der Waals surface area (Å²) in [5.74, 6) is 1.88. The maximum Gasteiger partial charge on any atom is 0.337 e. The molecule has 1 fully saturated rings. The lowest BCUT2D eigenvalue weighted by atomic mass is 9.97. The summed E-state index contributed by atoms with van der Waals surface area (Å²) in [6.45, 7) is 4.21. The van der Waals surface area contributed by atoms with E-state index in [9.17, 15) is 9.59 Å². The van der Waals surface area contributed by atoms with Crippen LogP contribution in [0.5, 0.6) is 0 Å². The summed E-state index contributed by atoms with van der Waals surface area (Å²) >= 11 is 0. The number of benzene rings is 1. The summed E-state index contributed by atoms with van der Waals surface area (Å²) in [7, 11) is 1.35. The number of aryl methyl sites for hydroxylation is 2. The minimum atomic E-state index is -0.420. The number of anilines is 1. The second kappa shape index (κ2) is 8.85. The molecule has 2 amide bonds. The van der Waals surface area contributed by atoms with Crippen LogP contribution in [0, 0.1) is 6.92 Å². The first-order valence-corrected chi connectivity index (χ1v) is 10.7. The number of esters is 1. The van der Waals surface area contributed by atoms with Gasteiger partial charge in [-0.15, -0.1) is 10.2 Å². The van der Waals surface area contributed by atoms with Crippen LogP contribution in [-0.4, -0.2) is 51.9 Å². The lowest BCUT2D eigenvalue weighted by molar-refractivity contribution is 0.0600. The van der Waals surface area contributed by atoms with Crippen molar-refractivity contribution in [3.05, 3.63) is 41.0 Å². The lowest BCUT2D eigenvalue weighted by Crippen LogP contribution is -2.42. The Morgan fingerprint density at radius 2 is 2.00 bits per heavy atom. The van der Waals surface area contributed by atoms with Crippen LogP contribution in [0.25, 0.3) is 0 Å². The van der Waals surface area contributed by atoms with E-state index < -0.39 is 5.97 Å². The number of hydrogen-bond acceptors (Lipinski definition) is 5. The van der Waals surface area contributed by atoms with Crippen molar-refractivity contribution in [2.24, 2.45) is 0 Å². The monoisotopic (exact) mass is 411 g/mol. The van der Waals surface area contributed by atoms with Crippen LogP contribution in [0.3, 0.4) is 0 Å². The molecule has 2 aliphatic rings. The number of urea groups is 1. The third kappa shape index (κ3) is 4.17. The van der Waals surface area contributed by atoms with Gasteiger partial charge in [0, 0.05) is 37.7 Å². The highest BCUT2D eigenvalue weighted by Gasteiger charge is 2.29. The number of amides is 2. The summed E-state index contributed by atoms with van der Waals surface area (Å²) in [4.78, 5) is 26.6. The van der Waals surface area contributed by atoms with Crippen LogP contribution < -0.4 is 5.32 Å². The van der Waals surface area contributed by atoms with Crippen LogP contribution in [0.1, 0.15) is 65.6 Å². The molecule has 0 saturated carbocycles. The number of carbonyl (C=O) groups is 2. The first kappa shape index (κ1) is 20.4. The van der Waals surface area contributed by atoms with Crippen molar-refractivity contribution in [2.45, 2.75) is 57.9 Å². The Morgan fingerprint density at radius 3 is 2.83 bits per heavy atom. The Morgan fingerprint density at radius 1 is 1.13 bits per heavy atom. The van der Waals surface area contributed by atoms with Crippen molar-refractivity contribution in [1.29, 1.82) is 0 Å². The van der Waals surface area contributed by atoms with Gasteiger partial charge in [0.2, 0.25) is 0 Å². The first-order valence-electron chi connectivity index (χ1n) is 10.7. The summed E-state index contributed by atoms with van der Waals surface area (Å²) < 4.78 is 7.07. The summed E-state index contributed by atoms with van der Waals surface area (Å²) in [5, 5.41) is 11.9. The number of fused-ring (bicyclic) bond motifs is 1. The van der Waals surface area contributed by atoms with Crippen LogP contribution in [0.2, 0.25) is 0 Å². The fourth-order valence-corrected chi connectivity index (χ4v) is 4.38. The maximum atomic E-state index is 13.0. The van der Waals surface area contributed by atoms with Gasteiger partial charge in [0.05, 0.1) is 12.7 Å². The molecular weight excluding hydrogens is 382 g/mol. The largest absolute Gasteiger partial charge is 0.465 e. The van der Waals surface area contributed by atoms with E-state index in [2.05, 4.69) is 20.1 Å². The molecule has 0 radical (unpaired) electrons. The molecule has 1 aromatic carbocycles. The van der Waals surface area contributed by atoms with E-state index in [1.54, 1.807) is 12.1 Å². The van der Waals surface area contributed by atoms with Crippen LogP contribution in [0.4, 0.5) is 10.5 Å². The molecule has 1 N–H and O–H groups in total. The van der Waals surface area contributed by atoms with Crippen LogP contribution in [-0.2, 0) is 17.7 Å². The number of likely N-dealkylation sites (tertiary alicyclic amines) is 1. The zero-order chi connectivity index (χ0) is 21.1. The molecular formula is C22H29N5O3. The van der Waals surface area contributed by atoms with Gasteiger partial charge < -0.3 is 19.5 Å². The number of rotatable bonds is 3. The summed E-state index contributed by atoms with van der Waals surface area (Å²) in [6.07, 6.45) is 6.48. The average Bonchev–Trinajstić information content (AvgIpc) is 3.03. The van der Waals surface area contributed by atoms with Gasteiger partial charge in [-0.3, -0.25) is 0 Å². The van der Waals surface area contributed by atoms with Gasteiger partial charge in [-0.05, 0) is 50.3 Å². The third-order valence-electron chi connectivity index (χ3n) is 6.11. The van der Waals surface area contributed by atoms with Crippen molar-refractivity contribution in [3.63, 3.8) is 0 Å². The molecule has 1 atom stereocenters. The number of nitrogens with one attached hydrogen (secondary N) is 1. The van der Waals surface area contributed by atoms with Crippen LogP contribution >= 0.6 is 0 Å². The van der Waals surface area contributed by atoms with E-state index in [0.29, 0.717) is 24.3 Å². The Bertz CT molecular complexity index is 939. The molecule has 8 nitrogen and oxygen atoms in total. The number of methoxy groups -OCH3 is 1. The van der Waals surface area contributed by atoms with Crippen molar-refractivity contribution in [3.8, 4) is 0 Å². The summed E-state index contributed by atoms with van der Waals surface area (Å²) in [5.41, 5.74) is 1.94. The maximum absolute atomic E-state index is 13.0. The van der Waals surface area contributed by atoms with Gasteiger partial charge in [-0.1, -0.05) is 12.5 Å². The van der Waals surface area contributed by atoms with E-state index in [0.717, 1.165) is 49.4 Å². The normalized spacial score (nSPS) is 19.0. The minimum absolute atomic E-state index is 0.152. The third-order valence-corrected chi connectivity index (χ3v) is 6.11. The molecule has 2 aromatic rings. The van der Waals surface area contributed by atoms with E-state index >= 15 is 0 Å². The Labute approximate surface area is 176 Å². The number of hydrogen-bond donors (Lipinski definition) is 1. The van der Waals surface area contributed by atoms with Gasteiger partial charge in [-0.25, -0.2) is 9.59 Å². The molecule has 2 aliphatic heterocycles. The van der Waals surface area contributed by atoms with Gasteiger partial charge in [-0.2, -0.15) is 0 Å². The predicted molar refractivity (Wildman–Crippen MR) is 113 cm³/mol. The average molecular weight is 412 g/mol. The Balaban J connectivity index is 1.47. The highest BCUT2D eigenvalue weighted by atomic mass is 16.5. The lowest BCUT2D eigenvalue weighted by Gasteiger charge is -2.32. The molecule has 160 valence electrons. The molecule has 8 heteroatoms. The molecule has 3 heterocycles. The fraction of sp³-hybridized carbons (Fsp3) is 0.545. The topological polar surface area (TPSA) is 89.3 Å². The summed E-state index contributed by atoms with van der Waals surface area (Å²) in [6, 6.07) is 5.02. The molecule has 0 aliphatic carbocycles. The molecule has 1 unspecified atom stereocenters. The van der Waals surface area contributed by atoms with Crippen molar-refractivity contribution in [2.75, 3.05) is 25.5 Å². The second-order valence-corrected chi connectivity index (χ2v) is 8.17. The Kier molecular flexibility index (Phi) is 6.01. The molecule has 4 rings (SSSR count). The highest BCUT2D eigenvalue weighted by Crippen LogP contribution is 2.28. The van der Waals surface area contributed by atoms with Crippen molar-refractivity contribution < 1.29 is 14.3 Å². The zero-order valence-corrected chi connectivity index (χ0v) is 17.7. The highest BCUT2D eigenvalue weighted by molar-refractivity contribution is 5.94. The smallest absolute Gasteiger partial charge is 0.337 e. The van der Waals surface area contributed by atoms with Crippen LogP contribution in [0.15, 0.2) is 18.2 Å². The second-order valence-electron chi connectivity index (χ2n) is 8.17. The quantitative estimate of drug-likeness (QED) is 0.781. The molecule has 1 aromatic heterocycles. The predicted octanol–water partition coefficient (Wildman–Crippen LogP) is 3.51. The zero-order valence-electron chi connectivity index (χ0n) is 17.7. The van der Waals surface area contributed by atoms with Crippen molar-refractivity contribution >= 4 is 17.7 Å². The molecule has 1 saturated heterocycles. The Hall–Kier alpha value is -2.90. The van der Waals surface area contributed by atoms with E-state index in [1.807, 2.05) is 17.9 Å². The molecule has 0 bridgehead atoms. The number of carbonyl (C=O) groups excluding carboxylic acids is 2. The number of piperidine rings is 1. The van der Waals surface area contributed by atoms with E-state index in [1.165, 1.54) is 20.0 Å². The minimum Gasteiger partial charge on any atom is -0.465 e. The first-order chi connectivity index (χ1) is 14.6. The van der Waals surface area contributed by atoms with Gasteiger partial charge in [0.25, 0.3) is 0 Å².